The van der Waals surface area contributed by atoms with Gasteiger partial charge in [0.25, 0.3) is 0 Å². The standard InChI is InChI=1S/C19H27FO/c1-4-6-12-18(20)17(5-2)15(3)19(21)14-13-16-10-8-7-9-11-16/h7-11,19,21H,3-6,12-14H2,1-2H3/b18-17+. The van der Waals surface area contributed by atoms with E-state index in [2.05, 4.69) is 6.58 Å². The van der Waals surface area contributed by atoms with Crippen molar-refractivity contribution in [2.75, 3.05) is 0 Å². The molecule has 21 heavy (non-hydrogen) atoms. The molecule has 1 atom stereocenters. The molecule has 0 bridgehead atoms. The monoisotopic (exact) mass is 290 g/mol. The molecule has 0 radical (unpaired) electrons. The third kappa shape index (κ3) is 5.84. The zero-order chi connectivity index (χ0) is 15.7. The zero-order valence-electron chi connectivity index (χ0n) is 13.2. The number of aliphatic hydroxyl groups is 1. The number of benzene rings is 1. The first kappa shape index (κ1) is 17.6. The van der Waals surface area contributed by atoms with Gasteiger partial charge in [-0.3, -0.25) is 0 Å². The van der Waals surface area contributed by atoms with Gasteiger partial charge in [-0.25, -0.2) is 4.39 Å². The minimum Gasteiger partial charge on any atom is -0.388 e. The molecule has 0 saturated carbocycles. The first-order chi connectivity index (χ1) is 10.1. The predicted octanol–water partition coefficient (Wildman–Crippen LogP) is 5.36. The van der Waals surface area contributed by atoms with Gasteiger partial charge in [-0.05, 0) is 48.8 Å². The first-order valence-corrected chi connectivity index (χ1v) is 7.88. The fourth-order valence-corrected chi connectivity index (χ4v) is 2.40. The third-order valence-electron chi connectivity index (χ3n) is 3.77. The molecule has 1 aromatic carbocycles. The van der Waals surface area contributed by atoms with Crippen LogP contribution in [0.1, 0.15) is 51.5 Å². The van der Waals surface area contributed by atoms with E-state index in [-0.39, 0.29) is 5.83 Å². The van der Waals surface area contributed by atoms with Crippen LogP contribution in [0.15, 0.2) is 53.9 Å². The normalized spacial score (nSPS) is 13.7. The molecule has 0 aliphatic rings. The molecule has 116 valence electrons. The highest BCUT2D eigenvalue weighted by molar-refractivity contribution is 5.33. The second kappa shape index (κ2) is 9.51. The van der Waals surface area contributed by atoms with E-state index in [1.807, 2.05) is 44.2 Å². The lowest BCUT2D eigenvalue weighted by Crippen LogP contribution is -2.13. The van der Waals surface area contributed by atoms with E-state index in [1.54, 1.807) is 0 Å². The number of halogens is 1. The summed E-state index contributed by atoms with van der Waals surface area (Å²) in [6.45, 7) is 7.88. The SMILES string of the molecule is C=C(/C(CC)=C(/F)CCCC)C(O)CCc1ccccc1. The Morgan fingerprint density at radius 3 is 2.48 bits per heavy atom. The maximum absolute atomic E-state index is 14.1. The van der Waals surface area contributed by atoms with E-state index in [0.717, 1.165) is 19.3 Å². The Kier molecular flexibility index (Phi) is 7.99. The number of hydrogen-bond donors (Lipinski definition) is 1. The lowest BCUT2D eigenvalue weighted by atomic mass is 9.94. The molecule has 1 unspecified atom stereocenters. The summed E-state index contributed by atoms with van der Waals surface area (Å²) in [7, 11) is 0. The molecule has 0 spiro atoms. The summed E-state index contributed by atoms with van der Waals surface area (Å²) in [5, 5.41) is 10.3. The van der Waals surface area contributed by atoms with Gasteiger partial charge in [0.15, 0.2) is 0 Å². The van der Waals surface area contributed by atoms with Crippen molar-refractivity contribution >= 4 is 0 Å². The largest absolute Gasteiger partial charge is 0.388 e. The van der Waals surface area contributed by atoms with Crippen LogP contribution in [0.4, 0.5) is 4.39 Å². The van der Waals surface area contributed by atoms with E-state index < -0.39 is 6.10 Å². The van der Waals surface area contributed by atoms with E-state index >= 15 is 0 Å². The fourth-order valence-electron chi connectivity index (χ4n) is 2.40. The van der Waals surface area contributed by atoms with Crippen LogP contribution in [-0.2, 0) is 6.42 Å². The predicted molar refractivity (Wildman–Crippen MR) is 87.9 cm³/mol. The van der Waals surface area contributed by atoms with Gasteiger partial charge in [0.2, 0.25) is 0 Å². The molecule has 0 amide bonds. The van der Waals surface area contributed by atoms with Crippen molar-refractivity contribution in [3.8, 4) is 0 Å². The van der Waals surface area contributed by atoms with Crippen molar-refractivity contribution in [2.45, 2.75) is 58.5 Å². The molecule has 0 aliphatic heterocycles. The molecule has 0 aromatic heterocycles. The second-order valence-electron chi connectivity index (χ2n) is 5.41. The molecule has 0 fully saturated rings. The minimum atomic E-state index is -0.674. The lowest BCUT2D eigenvalue weighted by molar-refractivity contribution is 0.202. The summed E-state index contributed by atoms with van der Waals surface area (Å²) in [5.74, 6) is -0.108. The Hall–Kier alpha value is -1.41. The van der Waals surface area contributed by atoms with Gasteiger partial charge in [-0.1, -0.05) is 57.2 Å². The van der Waals surface area contributed by atoms with Crippen molar-refractivity contribution in [3.63, 3.8) is 0 Å². The van der Waals surface area contributed by atoms with Crippen molar-refractivity contribution in [1.29, 1.82) is 0 Å². The molecule has 1 aromatic rings. The number of aryl methyl sites for hydroxylation is 1. The molecule has 2 heteroatoms. The summed E-state index contributed by atoms with van der Waals surface area (Å²) in [5.41, 5.74) is 2.32. The van der Waals surface area contributed by atoms with Gasteiger partial charge >= 0.3 is 0 Å². The Balaban J connectivity index is 2.62. The highest BCUT2D eigenvalue weighted by atomic mass is 19.1. The fraction of sp³-hybridized carbons (Fsp3) is 0.474. The van der Waals surface area contributed by atoms with Crippen LogP contribution in [0.2, 0.25) is 0 Å². The summed E-state index contributed by atoms with van der Waals surface area (Å²) in [4.78, 5) is 0. The topological polar surface area (TPSA) is 20.2 Å². The maximum Gasteiger partial charge on any atom is 0.103 e. The molecule has 0 heterocycles. The van der Waals surface area contributed by atoms with Crippen molar-refractivity contribution < 1.29 is 9.50 Å². The van der Waals surface area contributed by atoms with Crippen LogP contribution >= 0.6 is 0 Å². The number of aliphatic hydroxyl groups excluding tert-OH is 1. The molecule has 1 nitrogen and oxygen atoms in total. The Labute approximate surface area is 128 Å². The van der Waals surface area contributed by atoms with Crippen LogP contribution in [0.3, 0.4) is 0 Å². The summed E-state index contributed by atoms with van der Waals surface area (Å²) in [6.07, 6.45) is 3.51. The van der Waals surface area contributed by atoms with Gasteiger partial charge in [-0.15, -0.1) is 0 Å². The van der Waals surface area contributed by atoms with Crippen LogP contribution in [-0.4, -0.2) is 11.2 Å². The van der Waals surface area contributed by atoms with Gasteiger partial charge in [-0.2, -0.15) is 0 Å². The zero-order valence-corrected chi connectivity index (χ0v) is 13.2. The minimum absolute atomic E-state index is 0.108. The Bertz CT molecular complexity index is 462. The van der Waals surface area contributed by atoms with E-state index in [0.29, 0.717) is 30.4 Å². The average Bonchev–Trinajstić information content (AvgIpc) is 2.52. The van der Waals surface area contributed by atoms with Crippen LogP contribution < -0.4 is 0 Å². The van der Waals surface area contributed by atoms with Gasteiger partial charge in [0.1, 0.15) is 5.83 Å². The molecule has 1 N–H and O–H groups in total. The molecule has 0 aliphatic carbocycles. The molecule has 0 saturated heterocycles. The van der Waals surface area contributed by atoms with Crippen LogP contribution in [0.5, 0.6) is 0 Å². The number of unbranched alkanes of at least 4 members (excludes halogenated alkanes) is 1. The summed E-state index contributed by atoms with van der Waals surface area (Å²) in [6, 6.07) is 10.0. The second-order valence-corrected chi connectivity index (χ2v) is 5.41. The van der Waals surface area contributed by atoms with Crippen LogP contribution in [0, 0.1) is 0 Å². The molecular weight excluding hydrogens is 263 g/mol. The first-order valence-electron chi connectivity index (χ1n) is 7.88. The average molecular weight is 290 g/mol. The van der Waals surface area contributed by atoms with Gasteiger partial charge in [0, 0.05) is 0 Å². The van der Waals surface area contributed by atoms with Crippen molar-refractivity contribution in [3.05, 3.63) is 59.4 Å². The maximum atomic E-state index is 14.1. The van der Waals surface area contributed by atoms with E-state index in [4.69, 9.17) is 0 Å². The van der Waals surface area contributed by atoms with Crippen LogP contribution in [0.25, 0.3) is 0 Å². The Morgan fingerprint density at radius 2 is 1.90 bits per heavy atom. The summed E-state index contributed by atoms with van der Waals surface area (Å²) >= 11 is 0. The van der Waals surface area contributed by atoms with Crippen molar-refractivity contribution in [2.24, 2.45) is 0 Å². The third-order valence-corrected chi connectivity index (χ3v) is 3.77. The molecular formula is C19H27FO. The number of hydrogen-bond acceptors (Lipinski definition) is 1. The molecule has 1 rings (SSSR count). The lowest BCUT2D eigenvalue weighted by Gasteiger charge is -2.17. The number of rotatable bonds is 9. The van der Waals surface area contributed by atoms with E-state index in [1.165, 1.54) is 5.56 Å². The van der Waals surface area contributed by atoms with Crippen molar-refractivity contribution in [1.82, 2.24) is 0 Å². The van der Waals surface area contributed by atoms with Gasteiger partial charge < -0.3 is 5.11 Å². The van der Waals surface area contributed by atoms with E-state index in [9.17, 15) is 9.50 Å². The number of allylic oxidation sites excluding steroid dienone is 1. The quantitative estimate of drug-likeness (QED) is 0.607. The Morgan fingerprint density at radius 1 is 1.24 bits per heavy atom. The highest BCUT2D eigenvalue weighted by Gasteiger charge is 2.16. The highest BCUT2D eigenvalue weighted by Crippen LogP contribution is 2.26. The summed E-state index contributed by atoms with van der Waals surface area (Å²) < 4.78 is 14.1. The van der Waals surface area contributed by atoms with Gasteiger partial charge in [0.05, 0.1) is 6.10 Å². The smallest absolute Gasteiger partial charge is 0.103 e.